The molecular weight excluding hydrogens is 435 g/mol. The van der Waals surface area contributed by atoms with Gasteiger partial charge in [0.1, 0.15) is 17.1 Å². The lowest BCUT2D eigenvalue weighted by molar-refractivity contribution is -0.194. The number of aliphatic hydroxyl groups is 1. The number of halogens is 1. The first-order valence-electron chi connectivity index (χ1n) is 11.3. The summed E-state index contributed by atoms with van der Waals surface area (Å²) in [6, 6.07) is 12.3. The molecule has 2 aliphatic heterocycles. The Labute approximate surface area is 197 Å². The zero-order valence-electron chi connectivity index (χ0n) is 19.2. The van der Waals surface area contributed by atoms with E-state index in [4.69, 9.17) is 14.6 Å². The van der Waals surface area contributed by atoms with Crippen LogP contribution < -0.4 is 4.74 Å². The summed E-state index contributed by atoms with van der Waals surface area (Å²) in [5.74, 6) is 1.12. The number of aryl methyl sites for hydroxylation is 1. The molecule has 7 nitrogen and oxygen atoms in total. The van der Waals surface area contributed by atoms with Crippen LogP contribution in [0.25, 0.3) is 11.8 Å². The summed E-state index contributed by atoms with van der Waals surface area (Å²) in [5.41, 5.74) is 3.80. The fraction of sp³-hybridized carbons (Fsp3) is 0.308. The van der Waals surface area contributed by atoms with Crippen molar-refractivity contribution in [3.8, 4) is 11.4 Å². The quantitative estimate of drug-likeness (QED) is 0.620. The van der Waals surface area contributed by atoms with E-state index in [1.807, 2.05) is 35.9 Å². The predicted molar refractivity (Wildman–Crippen MR) is 127 cm³/mol. The van der Waals surface area contributed by atoms with Gasteiger partial charge in [0.05, 0.1) is 38.0 Å². The fourth-order valence-electron chi connectivity index (χ4n) is 4.64. The minimum atomic E-state index is -0.814. The molecule has 3 aromatic rings. The van der Waals surface area contributed by atoms with E-state index in [1.165, 1.54) is 12.1 Å². The molecule has 176 valence electrons. The maximum absolute atomic E-state index is 13.6. The van der Waals surface area contributed by atoms with Gasteiger partial charge in [-0.05, 0) is 60.4 Å². The number of nitrogens with zero attached hydrogens (tertiary/aromatic N) is 4. The second-order valence-electron chi connectivity index (χ2n) is 8.55. The largest absolute Gasteiger partial charge is 0.495 e. The second kappa shape index (κ2) is 9.04. The Hall–Kier alpha value is -3.49. The van der Waals surface area contributed by atoms with E-state index in [2.05, 4.69) is 11.1 Å². The van der Waals surface area contributed by atoms with Crippen LogP contribution in [-0.4, -0.2) is 52.4 Å². The van der Waals surface area contributed by atoms with Crippen LogP contribution in [0, 0.1) is 12.7 Å². The van der Waals surface area contributed by atoms with Gasteiger partial charge in [0.25, 0.3) is 0 Å². The van der Waals surface area contributed by atoms with E-state index < -0.39 is 5.54 Å². The van der Waals surface area contributed by atoms with E-state index in [-0.39, 0.29) is 12.4 Å². The van der Waals surface area contributed by atoms with Crippen LogP contribution in [0.4, 0.5) is 4.39 Å². The number of aromatic nitrogens is 2. The molecule has 1 saturated heterocycles. The summed E-state index contributed by atoms with van der Waals surface area (Å²) in [5, 5.41) is 12.2. The van der Waals surface area contributed by atoms with Crippen LogP contribution in [0.3, 0.4) is 0 Å². The number of hydrogen-bond acceptors (Lipinski definition) is 6. The molecule has 0 radical (unpaired) electrons. The van der Waals surface area contributed by atoms with Crippen LogP contribution in [0.2, 0.25) is 0 Å². The molecule has 0 amide bonds. The van der Waals surface area contributed by atoms with Crippen molar-refractivity contribution in [2.24, 2.45) is 4.99 Å². The lowest BCUT2D eigenvalue weighted by Crippen LogP contribution is -2.56. The fourth-order valence-corrected chi connectivity index (χ4v) is 4.64. The van der Waals surface area contributed by atoms with E-state index in [1.54, 1.807) is 30.6 Å². The minimum Gasteiger partial charge on any atom is -0.495 e. The first-order chi connectivity index (χ1) is 16.5. The van der Waals surface area contributed by atoms with Crippen molar-refractivity contribution in [2.45, 2.75) is 25.3 Å². The highest BCUT2D eigenvalue weighted by molar-refractivity contribution is 6.03. The first-order valence-corrected chi connectivity index (χ1v) is 11.3. The lowest BCUT2D eigenvalue weighted by Gasteiger charge is -2.48. The molecule has 1 N–H and O–H groups in total. The third-order valence-electron chi connectivity index (χ3n) is 6.42. The molecule has 0 spiro atoms. The summed E-state index contributed by atoms with van der Waals surface area (Å²) in [6.07, 6.45) is 7.05. The Morgan fingerprint density at radius 3 is 2.76 bits per heavy atom. The van der Waals surface area contributed by atoms with Gasteiger partial charge in [-0.2, -0.15) is 0 Å². The van der Waals surface area contributed by atoms with Gasteiger partial charge < -0.3 is 14.4 Å². The third kappa shape index (κ3) is 3.89. The molecule has 34 heavy (non-hydrogen) atoms. The topological polar surface area (TPSA) is 72.1 Å². The zero-order chi connectivity index (χ0) is 23.7. The van der Waals surface area contributed by atoms with Gasteiger partial charge in [-0.1, -0.05) is 18.2 Å². The van der Waals surface area contributed by atoms with Crippen LogP contribution >= 0.6 is 0 Å². The molecule has 3 heterocycles. The Bertz CT molecular complexity index is 1250. The Morgan fingerprint density at radius 1 is 1.24 bits per heavy atom. The Balaban J connectivity index is 1.50. The number of amidine groups is 1. The molecule has 1 atom stereocenters. The molecule has 1 unspecified atom stereocenters. The van der Waals surface area contributed by atoms with Crippen LogP contribution in [0.5, 0.6) is 5.75 Å². The van der Waals surface area contributed by atoms with Gasteiger partial charge in [-0.25, -0.2) is 14.4 Å². The highest BCUT2D eigenvalue weighted by Gasteiger charge is 2.45. The number of hydrogen-bond donors (Lipinski definition) is 1. The van der Waals surface area contributed by atoms with Crippen molar-refractivity contribution in [1.82, 2.24) is 14.6 Å². The van der Waals surface area contributed by atoms with Crippen molar-refractivity contribution in [3.63, 3.8) is 0 Å². The molecular formula is C26H27FN4O3. The molecule has 1 fully saturated rings. The van der Waals surface area contributed by atoms with Crippen LogP contribution in [0.1, 0.15) is 29.7 Å². The van der Waals surface area contributed by atoms with E-state index in [0.717, 1.165) is 33.8 Å². The minimum absolute atomic E-state index is 0.169. The SMILES string of the molecule is COc1cc(C=C2CCON3C2=NCCC3(CO)c2ccc(F)cc2)ccc1-n1cnc(C)c1. The highest BCUT2D eigenvalue weighted by Crippen LogP contribution is 2.39. The maximum atomic E-state index is 13.6. The number of benzene rings is 2. The van der Waals surface area contributed by atoms with E-state index in [9.17, 15) is 9.50 Å². The molecule has 8 heteroatoms. The number of aliphatic imine (C=N–C) groups is 1. The third-order valence-corrected chi connectivity index (χ3v) is 6.42. The number of rotatable bonds is 5. The summed E-state index contributed by atoms with van der Waals surface area (Å²) in [7, 11) is 1.65. The van der Waals surface area contributed by atoms with E-state index in [0.29, 0.717) is 31.8 Å². The van der Waals surface area contributed by atoms with Crippen molar-refractivity contribution in [3.05, 3.63) is 83.2 Å². The lowest BCUT2D eigenvalue weighted by atomic mass is 9.84. The van der Waals surface area contributed by atoms with Gasteiger partial charge in [-0.3, -0.25) is 9.83 Å². The van der Waals surface area contributed by atoms with E-state index >= 15 is 0 Å². The van der Waals surface area contributed by atoms with Gasteiger partial charge in [-0.15, -0.1) is 0 Å². The number of methoxy groups -OCH3 is 1. The van der Waals surface area contributed by atoms with Crippen molar-refractivity contribution in [2.75, 3.05) is 26.9 Å². The number of aliphatic hydroxyl groups excluding tert-OH is 1. The summed E-state index contributed by atoms with van der Waals surface area (Å²) >= 11 is 0. The zero-order valence-corrected chi connectivity index (χ0v) is 19.2. The predicted octanol–water partition coefficient (Wildman–Crippen LogP) is 4.04. The van der Waals surface area contributed by atoms with Gasteiger partial charge in [0.2, 0.25) is 0 Å². The molecule has 2 aliphatic rings. The van der Waals surface area contributed by atoms with Gasteiger partial charge >= 0.3 is 0 Å². The monoisotopic (exact) mass is 462 g/mol. The average Bonchev–Trinajstić information content (AvgIpc) is 3.30. The smallest absolute Gasteiger partial charge is 0.152 e. The van der Waals surface area contributed by atoms with Crippen molar-refractivity contribution >= 4 is 11.9 Å². The number of ether oxygens (including phenoxy) is 1. The van der Waals surface area contributed by atoms with Gasteiger partial charge in [0.15, 0.2) is 5.84 Å². The highest BCUT2D eigenvalue weighted by atomic mass is 19.1. The molecule has 0 saturated carbocycles. The molecule has 0 aliphatic carbocycles. The first kappa shape index (κ1) is 22.3. The molecule has 2 aromatic carbocycles. The molecule has 5 rings (SSSR count). The number of fused-ring (bicyclic) bond motifs is 1. The molecule has 0 bridgehead atoms. The number of imidazole rings is 1. The number of hydroxylamine groups is 2. The molecule has 1 aromatic heterocycles. The van der Waals surface area contributed by atoms with Crippen molar-refractivity contribution < 1.29 is 19.1 Å². The Morgan fingerprint density at radius 2 is 2.06 bits per heavy atom. The second-order valence-corrected chi connectivity index (χ2v) is 8.55. The average molecular weight is 463 g/mol. The maximum Gasteiger partial charge on any atom is 0.152 e. The van der Waals surface area contributed by atoms with Crippen LogP contribution in [-0.2, 0) is 10.4 Å². The Kier molecular flexibility index (Phi) is 5.93. The normalized spacial score (nSPS) is 21.4. The summed E-state index contributed by atoms with van der Waals surface area (Å²) in [6.45, 7) is 2.77. The van der Waals surface area contributed by atoms with Crippen molar-refractivity contribution in [1.29, 1.82) is 0 Å². The van der Waals surface area contributed by atoms with Crippen LogP contribution in [0.15, 0.2) is 65.6 Å². The summed E-state index contributed by atoms with van der Waals surface area (Å²) < 4.78 is 21.2. The standard InChI is InChI=1S/C26H27FN4O3/c1-18-15-30(17-29-18)23-8-3-19(14-24(23)33-2)13-20-9-12-34-31-25(20)28-11-10-26(31,16-32)21-4-6-22(27)7-5-21/h3-8,13-15,17,32H,9-12,16H2,1-2H3. The summed E-state index contributed by atoms with van der Waals surface area (Å²) in [4.78, 5) is 15.1. The van der Waals surface area contributed by atoms with Gasteiger partial charge in [0, 0.05) is 19.2 Å².